The predicted molar refractivity (Wildman–Crippen MR) is 138 cm³/mol. The summed E-state index contributed by atoms with van der Waals surface area (Å²) in [5, 5.41) is 11.8. The lowest BCUT2D eigenvalue weighted by molar-refractivity contribution is -0.138. The number of benzene rings is 3. The second-order valence-electron chi connectivity index (χ2n) is 8.96. The summed E-state index contributed by atoms with van der Waals surface area (Å²) in [5.41, 5.74) is 1.71. The fourth-order valence-electron chi connectivity index (χ4n) is 4.30. The number of carbonyl (C=O) groups excluding carboxylic acids is 1. The number of alkyl halides is 3. The first kappa shape index (κ1) is 26.5. The van der Waals surface area contributed by atoms with Crippen LogP contribution in [0.4, 0.5) is 24.5 Å². The molecule has 0 bridgehead atoms. The normalized spacial score (nSPS) is 14.5. The molecule has 1 fully saturated rings. The minimum Gasteiger partial charge on any atom is -0.478 e. The minimum absolute atomic E-state index is 0.0623. The first-order valence-electron chi connectivity index (χ1n) is 11.5. The number of likely N-dealkylation sites (N-methyl/N-ethyl adjacent to an activating group) is 1. The highest BCUT2D eigenvalue weighted by Crippen LogP contribution is 2.37. The van der Waals surface area contributed by atoms with Gasteiger partial charge < -0.3 is 20.2 Å². The van der Waals surface area contributed by atoms with E-state index in [0.717, 1.165) is 55.1 Å². The predicted octanol–water partition coefficient (Wildman–Crippen LogP) is 6.04. The molecule has 1 aliphatic rings. The van der Waals surface area contributed by atoms with Gasteiger partial charge in [-0.2, -0.15) is 13.2 Å². The molecule has 0 aromatic heterocycles. The summed E-state index contributed by atoms with van der Waals surface area (Å²) >= 11 is 6.21. The number of rotatable bonds is 5. The number of nitrogens with zero attached hydrogens (tertiary/aromatic N) is 2. The number of piperazine rings is 1. The quantitative estimate of drug-likeness (QED) is 0.420. The lowest BCUT2D eigenvalue weighted by Gasteiger charge is -2.35. The number of hydrogen-bond donors (Lipinski definition) is 2. The molecule has 1 heterocycles. The van der Waals surface area contributed by atoms with E-state index in [2.05, 4.69) is 15.1 Å². The van der Waals surface area contributed by atoms with E-state index >= 15 is 0 Å². The molecule has 1 amide bonds. The summed E-state index contributed by atoms with van der Waals surface area (Å²) < 4.78 is 39.8. The van der Waals surface area contributed by atoms with Gasteiger partial charge >= 0.3 is 12.1 Å². The number of halogens is 4. The van der Waals surface area contributed by atoms with Gasteiger partial charge in [0.25, 0.3) is 5.91 Å². The number of carbonyl (C=O) groups is 2. The number of aromatic carboxylic acids is 1. The molecule has 194 valence electrons. The molecule has 0 spiro atoms. The number of amides is 1. The van der Waals surface area contributed by atoms with E-state index in [1.807, 2.05) is 19.2 Å². The topological polar surface area (TPSA) is 72.9 Å². The number of hydrogen-bond acceptors (Lipinski definition) is 4. The number of anilines is 2. The van der Waals surface area contributed by atoms with Gasteiger partial charge in [0, 0.05) is 26.2 Å². The molecule has 6 nitrogen and oxygen atoms in total. The van der Waals surface area contributed by atoms with Crippen molar-refractivity contribution < 1.29 is 27.9 Å². The van der Waals surface area contributed by atoms with Crippen LogP contribution in [-0.4, -0.2) is 55.1 Å². The summed E-state index contributed by atoms with van der Waals surface area (Å²) in [4.78, 5) is 28.8. The monoisotopic (exact) mass is 531 g/mol. The molecule has 4 rings (SSSR count). The SMILES string of the molecule is Cc1c(C(F)(F)F)ccc(C(=O)Nc2cc(-c3ccc(C(=O)O)cc3)ccc2N2CCN(C)CC2)c1Cl. The number of nitrogens with one attached hydrogen (secondary N) is 1. The van der Waals surface area contributed by atoms with Gasteiger partial charge in [0.1, 0.15) is 0 Å². The van der Waals surface area contributed by atoms with E-state index in [9.17, 15) is 27.9 Å². The third-order valence-electron chi connectivity index (χ3n) is 6.49. The Morgan fingerprint density at radius 1 is 0.946 bits per heavy atom. The van der Waals surface area contributed by atoms with Crippen molar-refractivity contribution >= 4 is 34.9 Å². The zero-order valence-electron chi connectivity index (χ0n) is 20.2. The van der Waals surface area contributed by atoms with Gasteiger partial charge in [-0.15, -0.1) is 0 Å². The van der Waals surface area contributed by atoms with Crippen molar-refractivity contribution in [3.05, 3.63) is 81.9 Å². The summed E-state index contributed by atoms with van der Waals surface area (Å²) in [6.45, 7) is 4.35. The summed E-state index contributed by atoms with van der Waals surface area (Å²) in [7, 11) is 2.03. The lowest BCUT2D eigenvalue weighted by Crippen LogP contribution is -2.44. The van der Waals surface area contributed by atoms with Gasteiger partial charge in [-0.05, 0) is 67.1 Å². The van der Waals surface area contributed by atoms with Gasteiger partial charge in [0.15, 0.2) is 0 Å². The first-order chi connectivity index (χ1) is 17.5. The molecule has 2 N–H and O–H groups in total. The van der Waals surface area contributed by atoms with Crippen LogP contribution in [0.15, 0.2) is 54.6 Å². The molecule has 37 heavy (non-hydrogen) atoms. The van der Waals surface area contributed by atoms with Crippen LogP contribution in [0.3, 0.4) is 0 Å². The molecule has 1 saturated heterocycles. The molecular formula is C27H25ClF3N3O3. The largest absolute Gasteiger partial charge is 0.478 e. The zero-order valence-corrected chi connectivity index (χ0v) is 21.0. The lowest BCUT2D eigenvalue weighted by atomic mass is 10.0. The van der Waals surface area contributed by atoms with Crippen LogP contribution in [0, 0.1) is 6.92 Å². The molecule has 3 aromatic carbocycles. The maximum atomic E-state index is 13.3. The Hall–Kier alpha value is -3.56. The Kier molecular flexibility index (Phi) is 7.47. The summed E-state index contributed by atoms with van der Waals surface area (Å²) in [5.74, 6) is -1.66. The molecule has 3 aromatic rings. The number of carboxylic acid groups (broad SMARTS) is 1. The smallest absolute Gasteiger partial charge is 0.416 e. The van der Waals surface area contributed by atoms with Crippen molar-refractivity contribution in [2.75, 3.05) is 43.4 Å². The molecular weight excluding hydrogens is 507 g/mol. The molecule has 0 unspecified atom stereocenters. The Morgan fingerprint density at radius 2 is 1.57 bits per heavy atom. The van der Waals surface area contributed by atoms with Crippen molar-refractivity contribution in [1.82, 2.24) is 4.90 Å². The van der Waals surface area contributed by atoms with E-state index < -0.39 is 23.6 Å². The van der Waals surface area contributed by atoms with E-state index in [0.29, 0.717) is 5.69 Å². The van der Waals surface area contributed by atoms with Crippen LogP contribution in [0.2, 0.25) is 5.02 Å². The molecule has 0 saturated carbocycles. The second kappa shape index (κ2) is 10.4. The highest BCUT2D eigenvalue weighted by atomic mass is 35.5. The van der Waals surface area contributed by atoms with Crippen LogP contribution in [0.1, 0.15) is 31.8 Å². The minimum atomic E-state index is -4.58. The summed E-state index contributed by atoms with van der Waals surface area (Å²) in [6.07, 6.45) is -4.58. The van der Waals surface area contributed by atoms with Crippen molar-refractivity contribution in [2.45, 2.75) is 13.1 Å². The van der Waals surface area contributed by atoms with Crippen LogP contribution in [-0.2, 0) is 6.18 Å². The summed E-state index contributed by atoms with van der Waals surface area (Å²) in [6, 6.07) is 13.8. The van der Waals surface area contributed by atoms with Crippen molar-refractivity contribution in [3.8, 4) is 11.1 Å². The van der Waals surface area contributed by atoms with Gasteiger partial charge in [0.2, 0.25) is 0 Å². The van der Waals surface area contributed by atoms with Gasteiger partial charge in [-0.3, -0.25) is 4.79 Å². The van der Waals surface area contributed by atoms with Gasteiger partial charge in [0.05, 0.1) is 33.1 Å². The zero-order chi connectivity index (χ0) is 26.9. The van der Waals surface area contributed by atoms with E-state index in [-0.39, 0.29) is 21.7 Å². The molecule has 1 aliphatic heterocycles. The van der Waals surface area contributed by atoms with Crippen LogP contribution < -0.4 is 10.2 Å². The number of carboxylic acids is 1. The highest BCUT2D eigenvalue weighted by Gasteiger charge is 2.34. The van der Waals surface area contributed by atoms with E-state index in [4.69, 9.17) is 11.6 Å². The Labute approximate surface area is 217 Å². The van der Waals surface area contributed by atoms with Gasteiger partial charge in [-0.25, -0.2) is 4.79 Å². The Bertz CT molecular complexity index is 1340. The fraction of sp³-hybridized carbons (Fsp3) is 0.259. The van der Waals surface area contributed by atoms with Gasteiger partial charge in [-0.1, -0.05) is 29.8 Å². The molecule has 0 atom stereocenters. The second-order valence-corrected chi connectivity index (χ2v) is 9.33. The van der Waals surface area contributed by atoms with Crippen molar-refractivity contribution in [2.24, 2.45) is 0 Å². The van der Waals surface area contributed by atoms with Crippen molar-refractivity contribution in [1.29, 1.82) is 0 Å². The van der Waals surface area contributed by atoms with Crippen LogP contribution >= 0.6 is 11.6 Å². The molecule has 0 aliphatic carbocycles. The van der Waals surface area contributed by atoms with E-state index in [1.165, 1.54) is 19.1 Å². The average Bonchev–Trinajstić information content (AvgIpc) is 2.85. The third-order valence-corrected chi connectivity index (χ3v) is 6.98. The maximum absolute atomic E-state index is 13.3. The van der Waals surface area contributed by atoms with Crippen molar-refractivity contribution in [3.63, 3.8) is 0 Å². The van der Waals surface area contributed by atoms with Crippen LogP contribution in [0.25, 0.3) is 11.1 Å². The molecule has 0 radical (unpaired) electrons. The first-order valence-corrected chi connectivity index (χ1v) is 11.9. The standard InChI is InChI=1S/C27H25ClF3N3O3/c1-16-21(27(29,30)31)9-8-20(24(16)28)25(35)32-22-15-19(17-3-5-18(6-4-17)26(36)37)7-10-23(22)34-13-11-33(2)12-14-34/h3-10,15H,11-14H2,1-2H3,(H,32,35)(H,36,37). The highest BCUT2D eigenvalue weighted by molar-refractivity contribution is 6.35. The Balaban J connectivity index is 1.71. The maximum Gasteiger partial charge on any atom is 0.416 e. The Morgan fingerprint density at radius 3 is 2.16 bits per heavy atom. The average molecular weight is 532 g/mol. The third kappa shape index (κ3) is 5.73. The van der Waals surface area contributed by atoms with E-state index in [1.54, 1.807) is 18.2 Å². The molecule has 10 heteroatoms. The fourth-order valence-corrected chi connectivity index (χ4v) is 4.55. The van der Waals surface area contributed by atoms with Crippen LogP contribution in [0.5, 0.6) is 0 Å².